The Hall–Kier alpha value is -2.15. The van der Waals surface area contributed by atoms with E-state index < -0.39 is 4.92 Å². The van der Waals surface area contributed by atoms with Crippen LogP contribution in [0.5, 0.6) is 0 Å². The second-order valence-corrected chi connectivity index (χ2v) is 5.24. The summed E-state index contributed by atoms with van der Waals surface area (Å²) in [5.74, 6) is -0.171. The first kappa shape index (κ1) is 18.9. The summed E-state index contributed by atoms with van der Waals surface area (Å²) < 4.78 is 5.07. The number of amides is 1. The van der Waals surface area contributed by atoms with Crippen molar-refractivity contribution in [3.05, 3.63) is 28.3 Å². The SMILES string of the molecule is C1CCOCC1.CCNc1ccc(N(C)C(C)=O)cc1[N+](=O)[O-]. The molecule has 1 amide bonds. The molecule has 0 unspecified atom stereocenters. The molecule has 2 rings (SSSR count). The maximum Gasteiger partial charge on any atom is 0.294 e. The largest absolute Gasteiger partial charge is 0.381 e. The van der Waals surface area contributed by atoms with E-state index in [-0.39, 0.29) is 11.6 Å². The highest BCUT2D eigenvalue weighted by Crippen LogP contribution is 2.29. The summed E-state index contributed by atoms with van der Waals surface area (Å²) in [5, 5.41) is 13.8. The van der Waals surface area contributed by atoms with Gasteiger partial charge in [0.2, 0.25) is 5.91 Å². The lowest BCUT2D eigenvalue weighted by atomic mass is 10.2. The molecular formula is C16H25N3O4. The average Bonchev–Trinajstić information content (AvgIpc) is 2.56. The first-order valence-electron chi connectivity index (χ1n) is 7.81. The minimum absolute atomic E-state index is 0.0301. The second kappa shape index (κ2) is 9.78. The molecule has 7 nitrogen and oxygen atoms in total. The zero-order chi connectivity index (χ0) is 17.2. The maximum atomic E-state index is 11.2. The number of nitrogens with zero attached hydrogens (tertiary/aromatic N) is 2. The number of rotatable bonds is 4. The van der Waals surface area contributed by atoms with E-state index in [0.29, 0.717) is 17.9 Å². The van der Waals surface area contributed by atoms with E-state index >= 15 is 0 Å². The summed E-state index contributed by atoms with van der Waals surface area (Å²) in [4.78, 5) is 23.0. The normalized spacial score (nSPS) is 13.5. The highest BCUT2D eigenvalue weighted by molar-refractivity contribution is 5.91. The number of nitro benzene ring substituents is 1. The quantitative estimate of drug-likeness (QED) is 0.679. The van der Waals surface area contributed by atoms with Crippen molar-refractivity contribution in [1.29, 1.82) is 0 Å². The lowest BCUT2D eigenvalue weighted by Crippen LogP contribution is -2.22. The fraction of sp³-hybridized carbons (Fsp3) is 0.562. The molecule has 0 aliphatic carbocycles. The molecule has 0 bridgehead atoms. The van der Waals surface area contributed by atoms with Gasteiger partial charge in [0.25, 0.3) is 5.69 Å². The van der Waals surface area contributed by atoms with Crippen molar-refractivity contribution in [3.8, 4) is 0 Å². The molecule has 23 heavy (non-hydrogen) atoms. The lowest BCUT2D eigenvalue weighted by Gasteiger charge is -2.15. The number of ether oxygens (including phenoxy) is 1. The average molecular weight is 323 g/mol. The van der Waals surface area contributed by atoms with E-state index in [1.54, 1.807) is 19.2 Å². The van der Waals surface area contributed by atoms with Crippen LogP contribution in [0, 0.1) is 10.1 Å². The number of carbonyl (C=O) groups is 1. The van der Waals surface area contributed by atoms with Crippen LogP contribution in [-0.4, -0.2) is 37.6 Å². The summed E-state index contributed by atoms with van der Waals surface area (Å²) in [5.41, 5.74) is 0.932. The molecule has 1 fully saturated rings. The molecule has 0 aromatic heterocycles. The van der Waals surface area contributed by atoms with E-state index in [2.05, 4.69) is 5.32 Å². The molecular weight excluding hydrogens is 298 g/mol. The monoisotopic (exact) mass is 323 g/mol. The summed E-state index contributed by atoms with van der Waals surface area (Å²) in [6.45, 7) is 5.87. The van der Waals surface area contributed by atoms with Gasteiger partial charge in [-0.3, -0.25) is 14.9 Å². The third-order valence-corrected chi connectivity index (χ3v) is 3.48. The second-order valence-electron chi connectivity index (χ2n) is 5.24. The lowest BCUT2D eigenvalue weighted by molar-refractivity contribution is -0.383. The number of hydrogen-bond donors (Lipinski definition) is 1. The number of carbonyl (C=O) groups excluding carboxylic acids is 1. The standard InChI is InChI=1S/C11H15N3O3.C5H10O/c1-4-12-10-6-5-9(13(3)8(2)15)7-11(10)14(16)17;1-2-4-6-5-3-1/h5-7,12H,4H2,1-3H3;1-5H2. The van der Waals surface area contributed by atoms with E-state index in [1.165, 1.54) is 37.2 Å². The predicted molar refractivity (Wildman–Crippen MR) is 91.0 cm³/mol. The summed E-state index contributed by atoms with van der Waals surface area (Å²) in [6, 6.07) is 4.67. The smallest absolute Gasteiger partial charge is 0.294 e. The fourth-order valence-corrected chi connectivity index (χ4v) is 2.09. The van der Waals surface area contributed by atoms with Crippen LogP contribution in [0.2, 0.25) is 0 Å². The van der Waals surface area contributed by atoms with Crippen LogP contribution in [0.25, 0.3) is 0 Å². The van der Waals surface area contributed by atoms with Crippen LogP contribution >= 0.6 is 0 Å². The van der Waals surface area contributed by atoms with Gasteiger partial charge in [0.1, 0.15) is 5.69 Å². The van der Waals surface area contributed by atoms with Crippen molar-refractivity contribution in [2.75, 3.05) is 37.0 Å². The molecule has 1 saturated heterocycles. The highest BCUT2D eigenvalue weighted by atomic mass is 16.6. The van der Waals surface area contributed by atoms with Crippen LogP contribution < -0.4 is 10.2 Å². The Morgan fingerprint density at radius 3 is 2.39 bits per heavy atom. The number of nitrogens with one attached hydrogen (secondary N) is 1. The highest BCUT2D eigenvalue weighted by Gasteiger charge is 2.16. The fourth-order valence-electron chi connectivity index (χ4n) is 2.09. The Bertz CT molecular complexity index is 519. The summed E-state index contributed by atoms with van der Waals surface area (Å²) in [6.07, 6.45) is 3.93. The molecule has 0 radical (unpaired) electrons. The van der Waals surface area contributed by atoms with Crippen molar-refractivity contribution in [1.82, 2.24) is 0 Å². The molecule has 1 aromatic carbocycles. The Kier molecular flexibility index (Phi) is 8.04. The van der Waals surface area contributed by atoms with Gasteiger partial charge < -0.3 is 15.0 Å². The first-order chi connectivity index (χ1) is 11.0. The molecule has 128 valence electrons. The third kappa shape index (κ3) is 6.23. The van der Waals surface area contributed by atoms with Crippen molar-refractivity contribution >= 4 is 23.0 Å². The molecule has 1 aliphatic rings. The third-order valence-electron chi connectivity index (χ3n) is 3.48. The molecule has 0 spiro atoms. The van der Waals surface area contributed by atoms with Gasteiger partial charge in [-0.15, -0.1) is 0 Å². The van der Waals surface area contributed by atoms with Crippen LogP contribution in [0.1, 0.15) is 33.1 Å². The molecule has 1 N–H and O–H groups in total. The van der Waals surface area contributed by atoms with E-state index in [4.69, 9.17) is 4.74 Å². The molecule has 0 saturated carbocycles. The van der Waals surface area contributed by atoms with E-state index in [1.807, 2.05) is 6.92 Å². The van der Waals surface area contributed by atoms with Crippen molar-refractivity contribution in [2.45, 2.75) is 33.1 Å². The first-order valence-corrected chi connectivity index (χ1v) is 7.81. The maximum absolute atomic E-state index is 11.2. The number of anilines is 2. The topological polar surface area (TPSA) is 84.7 Å². The molecule has 1 aromatic rings. The van der Waals surface area contributed by atoms with Crippen molar-refractivity contribution in [3.63, 3.8) is 0 Å². The van der Waals surface area contributed by atoms with Gasteiger partial charge in [-0.2, -0.15) is 0 Å². The molecule has 1 heterocycles. The molecule has 7 heteroatoms. The predicted octanol–water partition coefficient (Wildman–Crippen LogP) is 3.20. The van der Waals surface area contributed by atoms with Gasteiger partial charge in [-0.1, -0.05) is 0 Å². The van der Waals surface area contributed by atoms with Crippen molar-refractivity contribution < 1.29 is 14.5 Å². The molecule has 1 aliphatic heterocycles. The van der Waals surface area contributed by atoms with Crippen LogP contribution in [0.4, 0.5) is 17.1 Å². The van der Waals surface area contributed by atoms with Gasteiger partial charge in [-0.05, 0) is 38.3 Å². The van der Waals surface area contributed by atoms with Crippen LogP contribution in [0.3, 0.4) is 0 Å². The van der Waals surface area contributed by atoms with Gasteiger partial charge >= 0.3 is 0 Å². The zero-order valence-electron chi connectivity index (χ0n) is 14.0. The van der Waals surface area contributed by atoms with Gasteiger partial charge in [-0.25, -0.2) is 0 Å². The Morgan fingerprint density at radius 2 is 2.00 bits per heavy atom. The van der Waals surface area contributed by atoms with Gasteiger partial charge in [0, 0.05) is 39.8 Å². The van der Waals surface area contributed by atoms with Crippen LogP contribution in [-0.2, 0) is 9.53 Å². The Labute approximate surface area is 136 Å². The van der Waals surface area contributed by atoms with Gasteiger partial charge in [0.15, 0.2) is 0 Å². The Balaban J connectivity index is 0.000000366. The van der Waals surface area contributed by atoms with Crippen LogP contribution in [0.15, 0.2) is 18.2 Å². The van der Waals surface area contributed by atoms with Gasteiger partial charge in [0.05, 0.1) is 10.6 Å². The minimum atomic E-state index is -0.463. The van der Waals surface area contributed by atoms with E-state index in [0.717, 1.165) is 13.2 Å². The summed E-state index contributed by atoms with van der Waals surface area (Å²) >= 11 is 0. The number of benzene rings is 1. The summed E-state index contributed by atoms with van der Waals surface area (Å²) in [7, 11) is 1.58. The Morgan fingerprint density at radius 1 is 1.35 bits per heavy atom. The zero-order valence-corrected chi connectivity index (χ0v) is 14.0. The van der Waals surface area contributed by atoms with Crippen molar-refractivity contribution in [2.24, 2.45) is 0 Å². The van der Waals surface area contributed by atoms with E-state index in [9.17, 15) is 14.9 Å². The number of hydrogen-bond acceptors (Lipinski definition) is 5. The number of nitro groups is 1. The minimum Gasteiger partial charge on any atom is -0.381 e. The molecule has 0 atom stereocenters.